The Bertz CT molecular complexity index is 1150. The second kappa shape index (κ2) is 8.50. The van der Waals surface area contributed by atoms with E-state index in [0.717, 1.165) is 34.5 Å². The lowest BCUT2D eigenvalue weighted by molar-refractivity contribution is 0.0522. The van der Waals surface area contributed by atoms with Crippen molar-refractivity contribution in [3.8, 4) is 0 Å². The van der Waals surface area contributed by atoms with Gasteiger partial charge in [0.05, 0.1) is 17.2 Å². The number of halogens is 3. The Balaban J connectivity index is 0.000000188. The van der Waals surface area contributed by atoms with Crippen molar-refractivity contribution in [2.24, 2.45) is 0 Å². The Morgan fingerprint density at radius 3 is 2.54 bits per heavy atom. The molecule has 2 aromatic heterocycles. The van der Waals surface area contributed by atoms with Gasteiger partial charge >= 0.3 is 6.09 Å². The maximum absolute atomic E-state index is 12.1. The molecule has 0 aliphatic carbocycles. The Morgan fingerprint density at radius 1 is 1.14 bits per heavy atom. The standard InChI is InChI=1S/C12H12BrIN2O2.C7H5BrN2/c1-12(2,3)18-11(17)16-9-6-7(13)4-5-8(9)10(14)15-16;8-6-2-1-5-4-9-10-7(5)3-6/h4-6H,1-3H3;1-4H,(H,9,10). The molecule has 2 heterocycles. The van der Waals surface area contributed by atoms with Gasteiger partial charge in [0.2, 0.25) is 0 Å². The fourth-order valence-corrected chi connectivity index (χ4v) is 3.79. The number of ether oxygens (including phenoxy) is 1. The minimum absolute atomic E-state index is 0.464. The van der Waals surface area contributed by atoms with Crippen molar-refractivity contribution in [1.29, 1.82) is 0 Å². The number of aromatic amines is 1. The van der Waals surface area contributed by atoms with Gasteiger partial charge in [-0.3, -0.25) is 5.10 Å². The fourth-order valence-electron chi connectivity index (χ4n) is 2.40. The SMILES string of the molecule is Brc1ccc2cn[nH]c2c1.CC(C)(C)OC(=O)n1nc(I)c2ccc(Br)cc21. The van der Waals surface area contributed by atoms with Crippen molar-refractivity contribution in [3.05, 3.63) is 55.2 Å². The number of rotatable bonds is 0. The third-order valence-corrected chi connectivity index (χ3v) is 5.35. The van der Waals surface area contributed by atoms with Gasteiger partial charge in [-0.15, -0.1) is 0 Å². The molecule has 0 bridgehead atoms. The molecule has 0 aliphatic heterocycles. The first kappa shape index (κ1) is 21.3. The number of nitrogens with zero attached hydrogens (tertiary/aromatic N) is 3. The zero-order chi connectivity index (χ0) is 20.5. The number of H-pyrrole nitrogens is 1. The summed E-state index contributed by atoms with van der Waals surface area (Å²) >= 11 is 8.87. The van der Waals surface area contributed by atoms with Crippen LogP contribution in [0.3, 0.4) is 0 Å². The first-order valence-corrected chi connectivity index (χ1v) is 11.0. The highest BCUT2D eigenvalue weighted by atomic mass is 127. The summed E-state index contributed by atoms with van der Waals surface area (Å²) < 4.78 is 9.38. The molecule has 146 valence electrons. The molecule has 4 aromatic rings. The number of hydrogen-bond donors (Lipinski definition) is 1. The van der Waals surface area contributed by atoms with Gasteiger partial charge in [-0.05, 0) is 73.7 Å². The molecule has 6 nitrogen and oxygen atoms in total. The van der Waals surface area contributed by atoms with Gasteiger partial charge in [-0.2, -0.15) is 14.9 Å². The van der Waals surface area contributed by atoms with Crippen LogP contribution < -0.4 is 0 Å². The van der Waals surface area contributed by atoms with E-state index in [4.69, 9.17) is 4.74 Å². The average molecular weight is 620 g/mol. The smallest absolute Gasteiger partial charge is 0.435 e. The summed E-state index contributed by atoms with van der Waals surface area (Å²) in [5.41, 5.74) is 1.27. The monoisotopic (exact) mass is 618 g/mol. The van der Waals surface area contributed by atoms with Crippen LogP contribution in [0.5, 0.6) is 0 Å². The van der Waals surface area contributed by atoms with Gasteiger partial charge < -0.3 is 4.74 Å². The summed E-state index contributed by atoms with van der Waals surface area (Å²) in [6, 6.07) is 11.7. The van der Waals surface area contributed by atoms with Gasteiger partial charge in [-0.25, -0.2) is 4.79 Å². The van der Waals surface area contributed by atoms with Crippen LogP contribution in [0, 0.1) is 3.70 Å². The van der Waals surface area contributed by atoms with Crippen molar-refractivity contribution in [1.82, 2.24) is 20.0 Å². The highest BCUT2D eigenvalue weighted by Crippen LogP contribution is 2.24. The lowest BCUT2D eigenvalue weighted by atomic mass is 10.2. The topological polar surface area (TPSA) is 72.8 Å². The number of nitrogens with one attached hydrogen (secondary N) is 1. The molecular formula is C19H17Br2IN4O2. The summed E-state index contributed by atoms with van der Waals surface area (Å²) in [7, 11) is 0. The molecule has 9 heteroatoms. The Hall–Kier alpha value is -1.46. The van der Waals surface area contributed by atoms with Crippen molar-refractivity contribution in [2.45, 2.75) is 26.4 Å². The molecule has 1 N–H and O–H groups in total. The number of fused-ring (bicyclic) bond motifs is 2. The minimum atomic E-state index is -0.535. The third kappa shape index (κ3) is 5.12. The molecule has 0 unspecified atom stereocenters. The largest absolute Gasteiger partial charge is 0.442 e. The van der Waals surface area contributed by atoms with Gasteiger partial charge in [0.15, 0.2) is 0 Å². The lowest BCUT2D eigenvalue weighted by Gasteiger charge is -2.19. The predicted molar refractivity (Wildman–Crippen MR) is 126 cm³/mol. The van der Waals surface area contributed by atoms with Crippen molar-refractivity contribution >= 4 is 82.3 Å². The first-order chi connectivity index (χ1) is 13.1. The maximum atomic E-state index is 12.1. The van der Waals surface area contributed by atoms with Crippen LogP contribution in [0.2, 0.25) is 0 Å². The Kier molecular flexibility index (Phi) is 6.45. The number of aromatic nitrogens is 4. The molecule has 0 saturated heterocycles. The lowest BCUT2D eigenvalue weighted by Crippen LogP contribution is -2.27. The van der Waals surface area contributed by atoms with Crippen molar-refractivity contribution in [3.63, 3.8) is 0 Å². The average Bonchev–Trinajstić information content (AvgIpc) is 3.18. The summed E-state index contributed by atoms with van der Waals surface area (Å²) in [6.45, 7) is 5.49. The molecule has 0 atom stereocenters. The van der Waals surface area contributed by atoms with E-state index in [-0.39, 0.29) is 0 Å². The van der Waals surface area contributed by atoms with Gasteiger partial charge in [-0.1, -0.05) is 37.9 Å². The summed E-state index contributed by atoms with van der Waals surface area (Å²) in [5, 5.41) is 13.1. The maximum Gasteiger partial charge on any atom is 0.435 e. The van der Waals surface area contributed by atoms with Crippen LogP contribution in [0.1, 0.15) is 20.8 Å². The number of benzene rings is 2. The first-order valence-electron chi connectivity index (χ1n) is 8.30. The van der Waals surface area contributed by atoms with E-state index in [0.29, 0.717) is 0 Å². The van der Waals surface area contributed by atoms with Crippen molar-refractivity contribution < 1.29 is 9.53 Å². The Morgan fingerprint density at radius 2 is 1.82 bits per heavy atom. The third-order valence-electron chi connectivity index (χ3n) is 3.57. The van der Waals surface area contributed by atoms with Crippen LogP contribution in [-0.2, 0) is 4.74 Å². The second-order valence-electron chi connectivity index (χ2n) is 6.95. The van der Waals surface area contributed by atoms with Gasteiger partial charge in [0.1, 0.15) is 9.30 Å². The zero-order valence-corrected chi connectivity index (χ0v) is 20.7. The van der Waals surface area contributed by atoms with E-state index in [1.807, 2.05) is 63.4 Å². The van der Waals surface area contributed by atoms with E-state index in [1.54, 1.807) is 0 Å². The normalized spacial score (nSPS) is 11.4. The molecule has 0 amide bonds. The van der Waals surface area contributed by atoms with E-state index in [2.05, 4.69) is 69.7 Å². The van der Waals surface area contributed by atoms with E-state index < -0.39 is 11.7 Å². The molecule has 28 heavy (non-hydrogen) atoms. The highest BCUT2D eigenvalue weighted by molar-refractivity contribution is 14.1. The van der Waals surface area contributed by atoms with Crippen molar-refractivity contribution in [2.75, 3.05) is 0 Å². The molecule has 0 fully saturated rings. The van der Waals surface area contributed by atoms with Gasteiger partial charge in [0, 0.05) is 19.7 Å². The quantitative estimate of drug-likeness (QED) is 0.228. The second-order valence-corrected chi connectivity index (χ2v) is 9.80. The van der Waals surface area contributed by atoms with Crippen LogP contribution in [-0.4, -0.2) is 31.7 Å². The molecule has 0 saturated carbocycles. The van der Waals surface area contributed by atoms with Crippen LogP contribution in [0.25, 0.3) is 21.8 Å². The number of hydrogen-bond acceptors (Lipinski definition) is 4. The minimum Gasteiger partial charge on any atom is -0.442 e. The summed E-state index contributed by atoms with van der Waals surface area (Å²) in [6.07, 6.45) is 1.34. The highest BCUT2D eigenvalue weighted by Gasteiger charge is 2.21. The number of carbonyl (C=O) groups excluding carboxylic acids is 1. The summed E-state index contributed by atoms with van der Waals surface area (Å²) in [5.74, 6) is 0. The molecule has 0 aliphatic rings. The van der Waals surface area contributed by atoms with E-state index in [9.17, 15) is 4.79 Å². The van der Waals surface area contributed by atoms with Gasteiger partial charge in [0.25, 0.3) is 0 Å². The fraction of sp³-hybridized carbons (Fsp3) is 0.211. The van der Waals surface area contributed by atoms with Crippen LogP contribution in [0.15, 0.2) is 51.5 Å². The Labute approximate surface area is 192 Å². The van der Waals surface area contributed by atoms with Crippen LogP contribution >= 0.6 is 54.5 Å². The zero-order valence-electron chi connectivity index (χ0n) is 15.3. The molecular weight excluding hydrogens is 603 g/mol. The molecule has 4 rings (SSSR count). The van der Waals surface area contributed by atoms with E-state index in [1.165, 1.54) is 4.68 Å². The molecule has 0 spiro atoms. The number of carbonyl (C=O) groups is 1. The summed E-state index contributed by atoms with van der Waals surface area (Å²) in [4.78, 5) is 12.1. The van der Waals surface area contributed by atoms with Crippen LogP contribution in [0.4, 0.5) is 4.79 Å². The van der Waals surface area contributed by atoms with E-state index >= 15 is 0 Å². The predicted octanol–water partition coefficient (Wildman–Crippen LogP) is 6.51. The molecule has 2 aromatic carbocycles. The molecule has 0 radical (unpaired) electrons.